The number of alkyl halides is 1. The fraction of sp³-hybridized carbons (Fsp3) is 0.636. The molecule has 8 heteroatoms. The zero-order valence-electron chi connectivity index (χ0n) is 10.4. The van der Waals surface area contributed by atoms with Crippen molar-refractivity contribution in [2.75, 3.05) is 18.5 Å². The summed E-state index contributed by atoms with van der Waals surface area (Å²) in [7, 11) is -3.50. The molecule has 0 saturated carbocycles. The Hall–Kier alpha value is 0.530. The molecule has 1 saturated heterocycles. The zero-order chi connectivity index (χ0) is 14.1. The smallest absolute Gasteiger partial charge is 0.242 e. The summed E-state index contributed by atoms with van der Waals surface area (Å²) in [5.74, 6) is 0. The van der Waals surface area contributed by atoms with E-state index >= 15 is 0 Å². The topological polar surface area (TPSA) is 55.4 Å². The van der Waals surface area contributed by atoms with Crippen molar-refractivity contribution >= 4 is 53.2 Å². The van der Waals surface area contributed by atoms with E-state index in [-0.39, 0.29) is 0 Å². The maximum absolute atomic E-state index is 12.5. The molecule has 0 aliphatic carbocycles. The maximum atomic E-state index is 12.5. The largest absolute Gasteiger partial charge is 0.381 e. The van der Waals surface area contributed by atoms with Crippen molar-refractivity contribution in [2.24, 2.45) is 0 Å². The number of nitrogens with one attached hydrogen (secondary N) is 1. The molecule has 0 aromatic carbocycles. The first-order valence-corrected chi connectivity index (χ1v) is 10.0. The number of hydrogen-bond donors (Lipinski definition) is 1. The highest BCUT2D eigenvalue weighted by atomic mass is 79.9. The van der Waals surface area contributed by atoms with Crippen molar-refractivity contribution in [2.45, 2.75) is 30.2 Å². The van der Waals surface area contributed by atoms with Crippen LogP contribution < -0.4 is 4.72 Å². The van der Waals surface area contributed by atoms with Crippen molar-refractivity contribution in [3.05, 3.63) is 14.7 Å². The third-order valence-corrected chi connectivity index (χ3v) is 7.65. The Labute approximate surface area is 134 Å². The predicted molar refractivity (Wildman–Crippen MR) is 83.7 cm³/mol. The van der Waals surface area contributed by atoms with E-state index in [0.29, 0.717) is 36.3 Å². The van der Waals surface area contributed by atoms with E-state index < -0.39 is 15.6 Å². The fourth-order valence-corrected chi connectivity index (χ4v) is 6.82. The molecule has 0 radical (unpaired) electrons. The van der Waals surface area contributed by atoms with Crippen LogP contribution in [-0.4, -0.2) is 32.5 Å². The van der Waals surface area contributed by atoms with Gasteiger partial charge in [-0.25, -0.2) is 13.1 Å². The minimum Gasteiger partial charge on any atom is -0.381 e. The lowest BCUT2D eigenvalue weighted by Crippen LogP contribution is -2.53. The average molecular weight is 433 g/mol. The first-order valence-electron chi connectivity index (χ1n) is 5.82. The molecule has 0 spiro atoms. The number of thiophene rings is 1. The number of hydrogen-bond acceptors (Lipinski definition) is 4. The van der Waals surface area contributed by atoms with Crippen molar-refractivity contribution in [1.82, 2.24) is 4.72 Å². The van der Waals surface area contributed by atoms with Gasteiger partial charge in [-0.15, -0.1) is 11.3 Å². The van der Waals surface area contributed by atoms with Gasteiger partial charge in [-0.3, -0.25) is 0 Å². The molecule has 2 rings (SSSR count). The number of aryl methyl sites for hydroxylation is 1. The molecule has 4 nitrogen and oxygen atoms in total. The lowest BCUT2D eigenvalue weighted by Gasteiger charge is -2.36. The maximum Gasteiger partial charge on any atom is 0.242 e. The molecular formula is C11H15Br2NO3S2. The summed E-state index contributed by atoms with van der Waals surface area (Å²) in [6.45, 7) is 2.98. The molecule has 0 bridgehead atoms. The van der Waals surface area contributed by atoms with Gasteiger partial charge in [-0.2, -0.15) is 0 Å². The van der Waals surface area contributed by atoms with E-state index in [4.69, 9.17) is 4.74 Å². The highest BCUT2D eigenvalue weighted by Gasteiger charge is 2.36. The Kier molecular flexibility index (Phi) is 5.12. The van der Waals surface area contributed by atoms with Crippen LogP contribution in [0.25, 0.3) is 0 Å². The van der Waals surface area contributed by atoms with E-state index in [1.54, 1.807) is 6.07 Å². The minimum atomic E-state index is -3.50. The van der Waals surface area contributed by atoms with E-state index in [1.807, 2.05) is 6.92 Å². The Balaban J connectivity index is 2.27. The summed E-state index contributed by atoms with van der Waals surface area (Å²) in [5, 5.41) is 0.590. The van der Waals surface area contributed by atoms with Gasteiger partial charge in [0.15, 0.2) is 0 Å². The van der Waals surface area contributed by atoms with E-state index in [1.165, 1.54) is 11.3 Å². The van der Waals surface area contributed by atoms with Crippen molar-refractivity contribution in [3.63, 3.8) is 0 Å². The van der Waals surface area contributed by atoms with Crippen LogP contribution >= 0.6 is 43.2 Å². The summed E-state index contributed by atoms with van der Waals surface area (Å²) in [6.07, 6.45) is 1.36. The lowest BCUT2D eigenvalue weighted by atomic mass is 9.94. The fourth-order valence-electron chi connectivity index (χ4n) is 2.06. The van der Waals surface area contributed by atoms with Gasteiger partial charge in [0, 0.05) is 29.0 Å². The van der Waals surface area contributed by atoms with Gasteiger partial charge in [0.25, 0.3) is 0 Å². The highest BCUT2D eigenvalue weighted by Crippen LogP contribution is 2.32. The quantitative estimate of drug-likeness (QED) is 0.744. The molecule has 2 heterocycles. The average Bonchev–Trinajstić information content (AvgIpc) is 2.70. The SMILES string of the molecule is Cc1sc(Br)cc1S(=O)(=O)NC1(CBr)CCOCC1. The standard InChI is InChI=1S/C11H15Br2NO3S2/c1-8-9(6-10(13)18-8)19(15,16)14-11(7-12)2-4-17-5-3-11/h6,14H,2-5,7H2,1H3. The molecule has 108 valence electrons. The number of rotatable bonds is 4. The lowest BCUT2D eigenvalue weighted by molar-refractivity contribution is 0.0557. The normalized spacial score (nSPS) is 19.5. The van der Waals surface area contributed by atoms with Crippen LogP contribution in [0.2, 0.25) is 0 Å². The zero-order valence-corrected chi connectivity index (χ0v) is 15.2. The molecule has 19 heavy (non-hydrogen) atoms. The Morgan fingerprint density at radius 3 is 2.58 bits per heavy atom. The van der Waals surface area contributed by atoms with Gasteiger partial charge in [0.1, 0.15) is 0 Å². The van der Waals surface area contributed by atoms with Crippen LogP contribution in [0.15, 0.2) is 14.7 Å². The minimum absolute atomic E-state index is 0.358. The van der Waals surface area contributed by atoms with Crippen molar-refractivity contribution < 1.29 is 13.2 Å². The van der Waals surface area contributed by atoms with Crippen molar-refractivity contribution in [1.29, 1.82) is 0 Å². The van der Waals surface area contributed by atoms with Gasteiger partial charge < -0.3 is 4.74 Å². The molecule has 1 N–H and O–H groups in total. The monoisotopic (exact) mass is 431 g/mol. The van der Waals surface area contributed by atoms with E-state index in [9.17, 15) is 8.42 Å². The number of sulfonamides is 1. The molecule has 1 fully saturated rings. The van der Waals surface area contributed by atoms with E-state index in [0.717, 1.165) is 8.66 Å². The Morgan fingerprint density at radius 1 is 1.47 bits per heavy atom. The van der Waals surface area contributed by atoms with Crippen molar-refractivity contribution in [3.8, 4) is 0 Å². The second kappa shape index (κ2) is 6.11. The molecule has 0 unspecified atom stereocenters. The van der Waals surface area contributed by atoms with Crippen LogP contribution in [0.3, 0.4) is 0 Å². The second-order valence-corrected chi connectivity index (χ2v) is 9.45. The van der Waals surface area contributed by atoms with Gasteiger partial charge in [-0.05, 0) is 41.8 Å². The summed E-state index contributed by atoms with van der Waals surface area (Å²) >= 11 is 8.18. The molecular weight excluding hydrogens is 418 g/mol. The van der Waals surface area contributed by atoms with Crippen LogP contribution in [0, 0.1) is 6.92 Å². The summed E-state index contributed by atoms with van der Waals surface area (Å²) in [6, 6.07) is 1.66. The Bertz CT molecular complexity index is 550. The van der Waals surface area contributed by atoms with E-state index in [2.05, 4.69) is 36.6 Å². The molecule has 0 amide bonds. The van der Waals surface area contributed by atoms with Gasteiger partial charge in [0.2, 0.25) is 10.0 Å². The van der Waals surface area contributed by atoms with Crippen LogP contribution in [0.1, 0.15) is 17.7 Å². The highest BCUT2D eigenvalue weighted by molar-refractivity contribution is 9.11. The number of ether oxygens (including phenoxy) is 1. The second-order valence-electron chi connectivity index (χ2n) is 4.60. The Morgan fingerprint density at radius 2 is 2.11 bits per heavy atom. The van der Waals surface area contributed by atoms with Gasteiger partial charge >= 0.3 is 0 Å². The summed E-state index contributed by atoms with van der Waals surface area (Å²) in [5.41, 5.74) is -0.446. The third-order valence-electron chi connectivity index (χ3n) is 3.19. The first kappa shape index (κ1) is 15.9. The summed E-state index contributed by atoms with van der Waals surface area (Å²) in [4.78, 5) is 1.15. The van der Waals surface area contributed by atoms with Crippen LogP contribution in [-0.2, 0) is 14.8 Å². The molecule has 1 aliphatic heterocycles. The molecule has 0 atom stereocenters. The third kappa shape index (κ3) is 3.59. The van der Waals surface area contributed by atoms with Crippen LogP contribution in [0.4, 0.5) is 0 Å². The van der Waals surface area contributed by atoms with Gasteiger partial charge in [-0.1, -0.05) is 15.9 Å². The summed E-state index contributed by atoms with van der Waals surface area (Å²) < 4.78 is 34.0. The first-order chi connectivity index (χ1) is 8.88. The molecule has 1 aliphatic rings. The van der Waals surface area contributed by atoms with Crippen LogP contribution in [0.5, 0.6) is 0 Å². The molecule has 1 aromatic heterocycles. The van der Waals surface area contributed by atoms with Gasteiger partial charge in [0.05, 0.1) is 8.68 Å². The molecule has 1 aromatic rings. The predicted octanol–water partition coefficient (Wildman–Crippen LogP) is 3.04. The number of halogens is 2.